The maximum absolute atomic E-state index is 6.02. The zero-order valence-electron chi connectivity index (χ0n) is 10.8. The van der Waals surface area contributed by atoms with Crippen LogP contribution in [-0.4, -0.2) is 7.11 Å². The highest BCUT2D eigenvalue weighted by Crippen LogP contribution is 2.27. The molecule has 2 rings (SSSR count). The summed E-state index contributed by atoms with van der Waals surface area (Å²) in [7, 11) is 1.66. The lowest BCUT2D eigenvalue weighted by Gasteiger charge is -2.12. The fourth-order valence-corrected chi connectivity index (χ4v) is 2.43. The van der Waals surface area contributed by atoms with Crippen molar-refractivity contribution in [3.8, 4) is 5.75 Å². The largest absolute Gasteiger partial charge is 0.496 e. The molecule has 0 saturated carbocycles. The molecule has 0 atom stereocenters. The molecular formula is C15H15BrClNO. The van der Waals surface area contributed by atoms with E-state index in [4.69, 9.17) is 16.3 Å². The van der Waals surface area contributed by atoms with Crippen molar-refractivity contribution < 1.29 is 4.74 Å². The molecule has 0 aliphatic heterocycles. The third kappa shape index (κ3) is 3.64. The van der Waals surface area contributed by atoms with Gasteiger partial charge in [-0.25, -0.2) is 0 Å². The number of methoxy groups -OCH3 is 1. The zero-order chi connectivity index (χ0) is 13.8. The number of benzene rings is 2. The smallest absolute Gasteiger partial charge is 0.123 e. The van der Waals surface area contributed by atoms with Gasteiger partial charge < -0.3 is 10.1 Å². The van der Waals surface area contributed by atoms with Crippen molar-refractivity contribution >= 4 is 33.2 Å². The van der Waals surface area contributed by atoms with Gasteiger partial charge in [-0.15, -0.1) is 0 Å². The van der Waals surface area contributed by atoms with E-state index in [1.165, 1.54) is 5.56 Å². The molecule has 100 valence electrons. The van der Waals surface area contributed by atoms with Crippen LogP contribution in [0.25, 0.3) is 0 Å². The standard InChI is InChI=1S/C15H15BrClNO/c1-10-3-5-13(16)14(7-10)18-9-11-8-12(17)4-6-15(11)19-2/h3-8,18H,9H2,1-2H3. The van der Waals surface area contributed by atoms with E-state index in [0.717, 1.165) is 21.5 Å². The summed E-state index contributed by atoms with van der Waals surface area (Å²) in [4.78, 5) is 0. The molecule has 0 amide bonds. The highest BCUT2D eigenvalue weighted by molar-refractivity contribution is 9.10. The maximum Gasteiger partial charge on any atom is 0.123 e. The van der Waals surface area contributed by atoms with Crippen LogP contribution in [0.3, 0.4) is 0 Å². The van der Waals surface area contributed by atoms with Crippen molar-refractivity contribution in [1.29, 1.82) is 0 Å². The third-order valence-corrected chi connectivity index (χ3v) is 3.76. The van der Waals surface area contributed by atoms with E-state index in [1.54, 1.807) is 7.11 Å². The summed E-state index contributed by atoms with van der Waals surface area (Å²) in [6, 6.07) is 11.8. The summed E-state index contributed by atoms with van der Waals surface area (Å²) in [5.74, 6) is 0.834. The van der Waals surface area contributed by atoms with Crippen LogP contribution in [0.15, 0.2) is 40.9 Å². The van der Waals surface area contributed by atoms with Gasteiger partial charge in [0.25, 0.3) is 0 Å². The first-order valence-corrected chi connectivity index (χ1v) is 7.09. The zero-order valence-corrected chi connectivity index (χ0v) is 13.2. The maximum atomic E-state index is 6.02. The van der Waals surface area contributed by atoms with Gasteiger partial charge >= 0.3 is 0 Å². The predicted molar refractivity (Wildman–Crippen MR) is 84.2 cm³/mol. The van der Waals surface area contributed by atoms with E-state index in [1.807, 2.05) is 24.3 Å². The molecule has 2 aromatic rings. The molecule has 0 heterocycles. The first-order chi connectivity index (χ1) is 9.10. The number of ether oxygens (including phenoxy) is 1. The predicted octanol–water partition coefficient (Wildman–Crippen LogP) is 5.03. The second-order valence-corrected chi connectivity index (χ2v) is 5.58. The first kappa shape index (κ1) is 14.2. The van der Waals surface area contributed by atoms with Crippen molar-refractivity contribution in [3.63, 3.8) is 0 Å². The van der Waals surface area contributed by atoms with Crippen LogP contribution in [0.5, 0.6) is 5.75 Å². The summed E-state index contributed by atoms with van der Waals surface area (Å²) in [6.45, 7) is 2.73. The Morgan fingerprint density at radius 2 is 2.00 bits per heavy atom. The van der Waals surface area contributed by atoms with Crippen LogP contribution >= 0.6 is 27.5 Å². The number of anilines is 1. The SMILES string of the molecule is COc1ccc(Cl)cc1CNc1cc(C)ccc1Br. The Labute approximate surface area is 126 Å². The van der Waals surface area contributed by atoms with Gasteiger partial charge in [0.15, 0.2) is 0 Å². The molecule has 0 saturated heterocycles. The van der Waals surface area contributed by atoms with Gasteiger partial charge in [0.05, 0.1) is 7.11 Å². The van der Waals surface area contributed by atoms with Crippen LogP contribution in [-0.2, 0) is 6.54 Å². The highest BCUT2D eigenvalue weighted by Gasteiger charge is 2.05. The molecule has 0 aliphatic rings. The third-order valence-electron chi connectivity index (χ3n) is 2.83. The molecule has 19 heavy (non-hydrogen) atoms. The average Bonchev–Trinajstić information content (AvgIpc) is 2.40. The van der Waals surface area contributed by atoms with Gasteiger partial charge in [0, 0.05) is 27.3 Å². The fourth-order valence-electron chi connectivity index (χ4n) is 1.85. The van der Waals surface area contributed by atoms with E-state index in [0.29, 0.717) is 11.6 Å². The molecular weight excluding hydrogens is 326 g/mol. The van der Waals surface area contributed by atoms with E-state index >= 15 is 0 Å². The van der Waals surface area contributed by atoms with Crippen molar-refractivity contribution in [2.24, 2.45) is 0 Å². The Balaban J connectivity index is 2.18. The highest BCUT2D eigenvalue weighted by atomic mass is 79.9. The normalized spacial score (nSPS) is 10.3. The molecule has 0 aliphatic carbocycles. The number of halogens is 2. The van der Waals surface area contributed by atoms with E-state index in [2.05, 4.69) is 40.3 Å². The topological polar surface area (TPSA) is 21.3 Å². The molecule has 2 nitrogen and oxygen atoms in total. The average molecular weight is 341 g/mol. The van der Waals surface area contributed by atoms with Crippen LogP contribution in [0.2, 0.25) is 5.02 Å². The van der Waals surface area contributed by atoms with E-state index in [9.17, 15) is 0 Å². The Bertz CT molecular complexity index is 586. The molecule has 2 aromatic carbocycles. The van der Waals surface area contributed by atoms with E-state index < -0.39 is 0 Å². The number of hydrogen-bond donors (Lipinski definition) is 1. The monoisotopic (exact) mass is 339 g/mol. The molecule has 0 spiro atoms. The quantitative estimate of drug-likeness (QED) is 0.842. The first-order valence-electron chi connectivity index (χ1n) is 5.92. The van der Waals surface area contributed by atoms with E-state index in [-0.39, 0.29) is 0 Å². The minimum absolute atomic E-state index is 0.659. The molecule has 0 unspecified atom stereocenters. The second kappa shape index (κ2) is 6.31. The van der Waals surface area contributed by atoms with Crippen LogP contribution in [0.1, 0.15) is 11.1 Å². The molecule has 0 aromatic heterocycles. The lowest BCUT2D eigenvalue weighted by atomic mass is 10.2. The number of hydrogen-bond acceptors (Lipinski definition) is 2. The summed E-state index contributed by atoms with van der Waals surface area (Å²) in [5.41, 5.74) is 3.30. The van der Waals surface area contributed by atoms with Crippen LogP contribution in [0, 0.1) is 6.92 Å². The lowest BCUT2D eigenvalue weighted by molar-refractivity contribution is 0.410. The Hall–Kier alpha value is -1.19. The van der Waals surface area contributed by atoms with Gasteiger partial charge in [0.2, 0.25) is 0 Å². The molecule has 0 bridgehead atoms. The molecule has 0 fully saturated rings. The van der Waals surface area contributed by atoms with Crippen molar-refractivity contribution in [3.05, 3.63) is 57.0 Å². The number of nitrogens with one attached hydrogen (secondary N) is 1. The number of aryl methyl sites for hydroxylation is 1. The van der Waals surface area contributed by atoms with Gasteiger partial charge in [-0.3, -0.25) is 0 Å². The molecule has 0 radical (unpaired) electrons. The minimum Gasteiger partial charge on any atom is -0.496 e. The lowest BCUT2D eigenvalue weighted by Crippen LogP contribution is -2.02. The Morgan fingerprint density at radius 3 is 2.74 bits per heavy atom. The van der Waals surface area contributed by atoms with Gasteiger partial charge in [-0.1, -0.05) is 17.7 Å². The summed E-state index contributed by atoms with van der Waals surface area (Å²) in [5, 5.41) is 4.10. The summed E-state index contributed by atoms with van der Waals surface area (Å²) in [6.07, 6.45) is 0. The second-order valence-electron chi connectivity index (χ2n) is 4.29. The Morgan fingerprint density at radius 1 is 1.21 bits per heavy atom. The van der Waals surface area contributed by atoms with Crippen LogP contribution < -0.4 is 10.1 Å². The van der Waals surface area contributed by atoms with Gasteiger partial charge in [-0.05, 0) is 58.7 Å². The van der Waals surface area contributed by atoms with Gasteiger partial charge in [0.1, 0.15) is 5.75 Å². The Kier molecular flexibility index (Phi) is 4.72. The number of rotatable bonds is 4. The molecule has 4 heteroatoms. The van der Waals surface area contributed by atoms with Crippen molar-refractivity contribution in [2.75, 3.05) is 12.4 Å². The minimum atomic E-state index is 0.659. The summed E-state index contributed by atoms with van der Waals surface area (Å²) < 4.78 is 6.37. The fraction of sp³-hybridized carbons (Fsp3) is 0.200. The molecule has 1 N–H and O–H groups in total. The summed E-state index contributed by atoms with van der Waals surface area (Å²) >= 11 is 9.55. The van der Waals surface area contributed by atoms with Crippen LogP contribution in [0.4, 0.5) is 5.69 Å². The van der Waals surface area contributed by atoms with Gasteiger partial charge in [-0.2, -0.15) is 0 Å². The van der Waals surface area contributed by atoms with Crippen molar-refractivity contribution in [1.82, 2.24) is 0 Å². The van der Waals surface area contributed by atoms with Crippen molar-refractivity contribution in [2.45, 2.75) is 13.5 Å².